The SMILES string of the molecule is Cc1cc(N2CCOC[C@@H]2C(F)(F)F)cc(F)c1C(=O)N[C@@H](Cc1ccc(-n2c(=O)c3ncccc3n(C)c2=O)c2ncccc12)C(=O)O. The molecule has 1 fully saturated rings. The zero-order valence-electron chi connectivity index (χ0n) is 26.0. The van der Waals surface area contributed by atoms with Gasteiger partial charge in [-0.15, -0.1) is 0 Å². The lowest BCUT2D eigenvalue weighted by Gasteiger charge is -2.38. The Kier molecular flexibility index (Phi) is 8.66. The third-order valence-electron chi connectivity index (χ3n) is 8.48. The zero-order chi connectivity index (χ0) is 35.2. The second-order valence-electron chi connectivity index (χ2n) is 11.5. The zero-order valence-corrected chi connectivity index (χ0v) is 26.0. The van der Waals surface area contributed by atoms with E-state index in [-0.39, 0.29) is 47.5 Å². The number of aromatic nitrogens is 4. The van der Waals surface area contributed by atoms with E-state index in [1.54, 1.807) is 24.3 Å². The number of anilines is 1. The summed E-state index contributed by atoms with van der Waals surface area (Å²) in [5, 5.41) is 12.8. The molecule has 2 atom stereocenters. The first-order valence-electron chi connectivity index (χ1n) is 15.0. The molecular weight excluding hydrogens is 652 g/mol. The molecule has 2 N–H and O–H groups in total. The first-order valence-corrected chi connectivity index (χ1v) is 15.0. The summed E-state index contributed by atoms with van der Waals surface area (Å²) in [4.78, 5) is 61.9. The van der Waals surface area contributed by atoms with Crippen molar-refractivity contribution in [1.82, 2.24) is 24.4 Å². The van der Waals surface area contributed by atoms with Gasteiger partial charge in [0.25, 0.3) is 11.5 Å². The lowest BCUT2D eigenvalue weighted by Crippen LogP contribution is -2.53. The van der Waals surface area contributed by atoms with Gasteiger partial charge in [-0.2, -0.15) is 13.2 Å². The average molecular weight is 681 g/mol. The van der Waals surface area contributed by atoms with Crippen LogP contribution in [0.15, 0.2) is 70.5 Å². The quantitative estimate of drug-likeness (QED) is 0.247. The molecule has 4 heterocycles. The monoisotopic (exact) mass is 680 g/mol. The number of carboxylic acids is 1. The second-order valence-corrected chi connectivity index (χ2v) is 11.5. The van der Waals surface area contributed by atoms with Crippen LogP contribution in [-0.4, -0.2) is 74.1 Å². The third kappa shape index (κ3) is 6.10. The number of carbonyl (C=O) groups excluding carboxylic acids is 1. The highest BCUT2D eigenvalue weighted by Gasteiger charge is 2.45. The highest BCUT2D eigenvalue weighted by Crippen LogP contribution is 2.33. The van der Waals surface area contributed by atoms with E-state index in [1.807, 2.05) is 0 Å². The first kappa shape index (κ1) is 33.3. The van der Waals surface area contributed by atoms with Gasteiger partial charge in [-0.1, -0.05) is 12.1 Å². The number of fused-ring (bicyclic) bond motifs is 2. The molecule has 254 valence electrons. The smallest absolute Gasteiger partial charge is 0.411 e. The molecule has 12 nitrogen and oxygen atoms in total. The first-order chi connectivity index (χ1) is 23.3. The summed E-state index contributed by atoms with van der Waals surface area (Å²) < 4.78 is 63.5. The number of alkyl halides is 3. The molecule has 0 saturated carbocycles. The maximum atomic E-state index is 15.4. The van der Waals surface area contributed by atoms with Crippen molar-refractivity contribution >= 4 is 39.5 Å². The number of carboxylic acid groups (broad SMARTS) is 1. The Morgan fingerprint density at radius 2 is 1.80 bits per heavy atom. The van der Waals surface area contributed by atoms with E-state index in [0.29, 0.717) is 16.5 Å². The summed E-state index contributed by atoms with van der Waals surface area (Å²) in [5.41, 5.74) is -0.881. The van der Waals surface area contributed by atoms with Crippen LogP contribution in [-0.2, 0) is 23.0 Å². The maximum Gasteiger partial charge on any atom is 0.411 e. The lowest BCUT2D eigenvalue weighted by atomic mass is 9.99. The van der Waals surface area contributed by atoms with Crippen LogP contribution in [0.5, 0.6) is 0 Å². The van der Waals surface area contributed by atoms with Crippen molar-refractivity contribution in [3.8, 4) is 5.69 Å². The largest absolute Gasteiger partial charge is 0.480 e. The minimum absolute atomic E-state index is 0.0000416. The molecule has 0 radical (unpaired) electrons. The van der Waals surface area contributed by atoms with E-state index < -0.39 is 59.4 Å². The molecular formula is C33H28F4N6O6. The van der Waals surface area contributed by atoms with E-state index in [9.17, 15) is 37.5 Å². The van der Waals surface area contributed by atoms with E-state index >= 15 is 4.39 Å². The van der Waals surface area contributed by atoms with Gasteiger partial charge in [-0.3, -0.25) is 19.1 Å². The highest BCUT2D eigenvalue weighted by molar-refractivity contribution is 5.99. The molecule has 0 spiro atoms. The van der Waals surface area contributed by atoms with Gasteiger partial charge in [-0.05, 0) is 54.4 Å². The van der Waals surface area contributed by atoms with E-state index in [2.05, 4.69) is 15.3 Å². The summed E-state index contributed by atoms with van der Waals surface area (Å²) in [6.07, 6.45) is -2.10. The Bertz CT molecular complexity index is 2230. The minimum atomic E-state index is -4.65. The highest BCUT2D eigenvalue weighted by atomic mass is 19.4. The van der Waals surface area contributed by atoms with Crippen LogP contribution in [0.2, 0.25) is 0 Å². The summed E-state index contributed by atoms with van der Waals surface area (Å²) in [5.74, 6) is -3.66. The Morgan fingerprint density at radius 3 is 2.49 bits per heavy atom. The van der Waals surface area contributed by atoms with Crippen molar-refractivity contribution in [2.45, 2.75) is 31.6 Å². The fourth-order valence-electron chi connectivity index (χ4n) is 6.08. The Morgan fingerprint density at radius 1 is 1.08 bits per heavy atom. The fraction of sp³-hybridized carbons (Fsp3) is 0.273. The van der Waals surface area contributed by atoms with Crippen LogP contribution in [0.4, 0.5) is 23.2 Å². The molecule has 1 aliphatic heterocycles. The number of amides is 1. The lowest BCUT2D eigenvalue weighted by molar-refractivity contribution is -0.167. The topological polar surface area (TPSA) is 149 Å². The molecule has 16 heteroatoms. The van der Waals surface area contributed by atoms with Gasteiger partial charge >= 0.3 is 17.8 Å². The van der Waals surface area contributed by atoms with Gasteiger partial charge in [-0.25, -0.2) is 23.5 Å². The van der Waals surface area contributed by atoms with Crippen molar-refractivity contribution in [2.24, 2.45) is 7.05 Å². The van der Waals surface area contributed by atoms with Crippen LogP contribution in [0.25, 0.3) is 27.6 Å². The predicted molar refractivity (Wildman–Crippen MR) is 170 cm³/mol. The number of aryl methyl sites for hydroxylation is 2. The number of carbonyl (C=O) groups is 2. The number of nitrogens with zero attached hydrogens (tertiary/aromatic N) is 5. The molecule has 1 saturated heterocycles. The molecule has 49 heavy (non-hydrogen) atoms. The average Bonchev–Trinajstić information content (AvgIpc) is 3.07. The summed E-state index contributed by atoms with van der Waals surface area (Å²) in [6.45, 7) is 0.545. The van der Waals surface area contributed by atoms with Gasteiger partial charge < -0.3 is 20.1 Å². The van der Waals surface area contributed by atoms with Crippen molar-refractivity contribution < 1.29 is 37.0 Å². The number of aliphatic carboxylic acids is 1. The molecule has 0 unspecified atom stereocenters. The van der Waals surface area contributed by atoms with Crippen LogP contribution in [0, 0.1) is 12.7 Å². The van der Waals surface area contributed by atoms with Crippen LogP contribution in [0.1, 0.15) is 21.5 Å². The number of pyridine rings is 2. The van der Waals surface area contributed by atoms with Crippen LogP contribution < -0.4 is 21.5 Å². The van der Waals surface area contributed by atoms with Gasteiger partial charge in [0.2, 0.25) is 0 Å². The summed E-state index contributed by atoms with van der Waals surface area (Å²) >= 11 is 0. The summed E-state index contributed by atoms with van der Waals surface area (Å²) in [6, 6.07) is 7.76. The van der Waals surface area contributed by atoms with Crippen molar-refractivity contribution in [1.29, 1.82) is 0 Å². The molecule has 6 rings (SSSR count). The van der Waals surface area contributed by atoms with Crippen molar-refractivity contribution in [2.75, 3.05) is 24.7 Å². The molecule has 1 aliphatic rings. The van der Waals surface area contributed by atoms with Gasteiger partial charge in [0.05, 0.1) is 35.5 Å². The standard InChI is InChI=1S/C33H28F4N6O6/c1-17-13-19(42-11-12-49-16-25(42)33(35,36)37)15-21(34)26(17)29(44)40-22(31(46)47)14-18-7-8-24(27-20(18)5-3-9-38-27)43-30(45)28-23(6-4-10-39-28)41(2)32(43)48/h3-10,13,15,22,25H,11-12,14,16H2,1-2H3,(H,40,44)(H,46,47)/t22-,25+/m0/s1. The number of halogens is 4. The van der Waals surface area contributed by atoms with Gasteiger partial charge in [0, 0.05) is 43.5 Å². The van der Waals surface area contributed by atoms with Crippen molar-refractivity contribution in [3.63, 3.8) is 0 Å². The maximum absolute atomic E-state index is 15.4. The van der Waals surface area contributed by atoms with E-state index in [4.69, 9.17) is 4.74 Å². The fourth-order valence-corrected chi connectivity index (χ4v) is 6.08. The minimum Gasteiger partial charge on any atom is -0.480 e. The molecule has 3 aromatic heterocycles. The number of rotatable bonds is 7. The molecule has 0 aliphatic carbocycles. The number of benzene rings is 2. The number of morpholine rings is 1. The number of ether oxygens (including phenoxy) is 1. The predicted octanol–water partition coefficient (Wildman–Crippen LogP) is 3.27. The summed E-state index contributed by atoms with van der Waals surface area (Å²) in [7, 11) is 1.49. The third-order valence-corrected chi connectivity index (χ3v) is 8.48. The molecule has 2 aromatic carbocycles. The normalized spacial score (nSPS) is 15.8. The second kappa shape index (κ2) is 12.8. The van der Waals surface area contributed by atoms with Gasteiger partial charge in [0.1, 0.15) is 17.9 Å². The Hall–Kier alpha value is -5.64. The number of nitrogens with one attached hydrogen (secondary N) is 1. The Labute approximate surface area is 274 Å². The molecule has 5 aromatic rings. The molecule has 0 bridgehead atoms. The number of hydrogen-bond donors (Lipinski definition) is 2. The Balaban J connectivity index is 1.32. The van der Waals surface area contributed by atoms with E-state index in [1.165, 1.54) is 49.1 Å². The van der Waals surface area contributed by atoms with Crippen LogP contribution >= 0.6 is 0 Å². The number of hydrogen-bond acceptors (Lipinski definition) is 8. The van der Waals surface area contributed by atoms with E-state index in [0.717, 1.165) is 15.5 Å². The molecule has 1 amide bonds. The van der Waals surface area contributed by atoms with Crippen molar-refractivity contribution in [3.05, 3.63) is 104 Å². The van der Waals surface area contributed by atoms with Crippen LogP contribution in [0.3, 0.4) is 0 Å². The van der Waals surface area contributed by atoms with Gasteiger partial charge in [0.15, 0.2) is 5.52 Å².